The summed E-state index contributed by atoms with van der Waals surface area (Å²) in [5, 5.41) is 0. The average molecular weight is 226 g/mol. The quantitative estimate of drug-likeness (QED) is 0.700. The van der Waals surface area contributed by atoms with Gasteiger partial charge in [0.05, 0.1) is 11.4 Å². The smallest absolute Gasteiger partial charge is 0.242 e. The normalized spacial score (nSPS) is 19.5. The first kappa shape index (κ1) is 9.97. The second-order valence-corrected chi connectivity index (χ2v) is 5.25. The van der Waals surface area contributed by atoms with E-state index in [1.807, 2.05) is 0 Å². The van der Waals surface area contributed by atoms with Gasteiger partial charge in [-0.3, -0.25) is 4.79 Å². The minimum atomic E-state index is -3.46. The highest BCUT2D eigenvalue weighted by molar-refractivity contribution is 7.94. The molecule has 0 aliphatic carbocycles. The van der Waals surface area contributed by atoms with Crippen molar-refractivity contribution in [3.63, 3.8) is 0 Å². The summed E-state index contributed by atoms with van der Waals surface area (Å²) < 4.78 is 23.9. The summed E-state index contributed by atoms with van der Waals surface area (Å²) in [4.78, 5) is 11.4. The monoisotopic (exact) mass is 226 g/mol. The molecule has 0 aromatic heterocycles. The number of rotatable bonds is 1. The van der Waals surface area contributed by atoms with E-state index in [1.165, 1.54) is 12.1 Å². The fourth-order valence-electron chi connectivity index (χ4n) is 1.48. The zero-order valence-corrected chi connectivity index (χ0v) is 8.70. The molecule has 1 fully saturated rings. The second kappa shape index (κ2) is 3.23. The van der Waals surface area contributed by atoms with Gasteiger partial charge >= 0.3 is 0 Å². The van der Waals surface area contributed by atoms with Gasteiger partial charge in [-0.2, -0.15) is 0 Å². The Morgan fingerprint density at radius 2 is 1.80 bits per heavy atom. The van der Waals surface area contributed by atoms with Crippen LogP contribution in [0.25, 0.3) is 0 Å². The number of sulfonamides is 1. The van der Waals surface area contributed by atoms with Crippen molar-refractivity contribution in [3.05, 3.63) is 24.3 Å². The average Bonchev–Trinajstić information content (AvgIpc) is 2.43. The van der Waals surface area contributed by atoms with E-state index < -0.39 is 10.0 Å². The van der Waals surface area contributed by atoms with E-state index >= 15 is 0 Å². The van der Waals surface area contributed by atoms with Crippen LogP contribution in [0.5, 0.6) is 0 Å². The molecule has 1 amide bonds. The molecule has 1 aromatic carbocycles. The molecule has 15 heavy (non-hydrogen) atoms. The van der Waals surface area contributed by atoms with Crippen LogP contribution in [-0.2, 0) is 14.8 Å². The molecule has 6 heteroatoms. The zero-order valence-electron chi connectivity index (χ0n) is 7.88. The summed E-state index contributed by atoms with van der Waals surface area (Å²) in [7, 11) is -3.46. The summed E-state index contributed by atoms with van der Waals surface area (Å²) in [5.41, 5.74) is 6.36. The van der Waals surface area contributed by atoms with E-state index in [-0.39, 0.29) is 18.1 Å². The molecule has 5 nitrogen and oxygen atoms in total. The molecular weight excluding hydrogens is 216 g/mol. The van der Waals surface area contributed by atoms with Crippen LogP contribution in [0, 0.1) is 0 Å². The van der Waals surface area contributed by atoms with Crippen molar-refractivity contribution in [1.82, 2.24) is 0 Å². The minimum Gasteiger partial charge on any atom is -0.399 e. The van der Waals surface area contributed by atoms with Gasteiger partial charge in [-0.1, -0.05) is 0 Å². The molecule has 0 atom stereocenters. The van der Waals surface area contributed by atoms with Crippen molar-refractivity contribution in [2.45, 2.75) is 6.42 Å². The van der Waals surface area contributed by atoms with Crippen molar-refractivity contribution in [3.8, 4) is 0 Å². The molecule has 0 spiro atoms. The fraction of sp³-hybridized carbons (Fsp3) is 0.222. The Morgan fingerprint density at radius 1 is 1.20 bits per heavy atom. The molecule has 2 rings (SSSR count). The van der Waals surface area contributed by atoms with Crippen LogP contribution in [0.15, 0.2) is 24.3 Å². The number of carbonyl (C=O) groups is 1. The van der Waals surface area contributed by atoms with Crippen LogP contribution < -0.4 is 10.0 Å². The largest absolute Gasteiger partial charge is 0.399 e. The Balaban J connectivity index is 2.46. The molecule has 0 unspecified atom stereocenters. The van der Waals surface area contributed by atoms with Crippen LogP contribution in [-0.4, -0.2) is 20.1 Å². The molecule has 1 saturated heterocycles. The maximum Gasteiger partial charge on any atom is 0.242 e. The lowest BCUT2D eigenvalue weighted by molar-refractivity contribution is -0.116. The van der Waals surface area contributed by atoms with Crippen LogP contribution in [0.2, 0.25) is 0 Å². The molecule has 1 aromatic rings. The number of benzene rings is 1. The van der Waals surface area contributed by atoms with E-state index in [0.29, 0.717) is 11.4 Å². The van der Waals surface area contributed by atoms with Gasteiger partial charge < -0.3 is 5.73 Å². The van der Waals surface area contributed by atoms with Gasteiger partial charge in [0.15, 0.2) is 0 Å². The highest BCUT2D eigenvalue weighted by atomic mass is 32.2. The lowest BCUT2D eigenvalue weighted by atomic mass is 10.3. The van der Waals surface area contributed by atoms with Crippen molar-refractivity contribution in [2.75, 3.05) is 15.8 Å². The molecule has 2 N–H and O–H groups in total. The van der Waals surface area contributed by atoms with Crippen molar-refractivity contribution >= 4 is 27.3 Å². The molecule has 1 heterocycles. The van der Waals surface area contributed by atoms with E-state index in [4.69, 9.17) is 5.73 Å². The van der Waals surface area contributed by atoms with Gasteiger partial charge in [-0.05, 0) is 24.3 Å². The Labute approximate surface area is 87.5 Å². The van der Waals surface area contributed by atoms with E-state index in [9.17, 15) is 13.2 Å². The van der Waals surface area contributed by atoms with Gasteiger partial charge in [0, 0.05) is 12.1 Å². The van der Waals surface area contributed by atoms with Crippen molar-refractivity contribution < 1.29 is 13.2 Å². The second-order valence-electron chi connectivity index (χ2n) is 3.32. The lowest BCUT2D eigenvalue weighted by Crippen LogP contribution is -2.29. The summed E-state index contributed by atoms with van der Waals surface area (Å²) in [6.07, 6.45) is 0.0483. The van der Waals surface area contributed by atoms with E-state index in [1.54, 1.807) is 12.1 Å². The maximum atomic E-state index is 11.5. The third-order valence-electron chi connectivity index (χ3n) is 2.21. The standard InChI is InChI=1S/C9H10N2O3S/c10-7-1-3-8(4-2-7)11-9(12)5-6-15(11,13)14/h1-4H,5-6,10H2. The maximum absolute atomic E-state index is 11.5. The summed E-state index contributed by atoms with van der Waals surface area (Å²) in [6, 6.07) is 6.18. The topological polar surface area (TPSA) is 80.5 Å². The molecule has 1 aliphatic rings. The van der Waals surface area contributed by atoms with Crippen molar-refractivity contribution in [1.29, 1.82) is 0 Å². The summed E-state index contributed by atoms with van der Waals surface area (Å²) in [5.74, 6) is -0.504. The Hall–Kier alpha value is -1.56. The van der Waals surface area contributed by atoms with Gasteiger partial charge in [-0.15, -0.1) is 0 Å². The number of hydrogen-bond donors (Lipinski definition) is 1. The highest BCUT2D eigenvalue weighted by Crippen LogP contribution is 2.25. The first-order valence-corrected chi connectivity index (χ1v) is 6.03. The van der Waals surface area contributed by atoms with Crippen LogP contribution in [0.3, 0.4) is 0 Å². The van der Waals surface area contributed by atoms with Crippen LogP contribution in [0.4, 0.5) is 11.4 Å². The number of nitrogen functional groups attached to an aromatic ring is 1. The zero-order chi connectivity index (χ0) is 11.1. The van der Waals surface area contributed by atoms with Gasteiger partial charge in [-0.25, -0.2) is 12.7 Å². The fourth-order valence-corrected chi connectivity index (χ4v) is 2.94. The number of nitrogens with two attached hydrogens (primary N) is 1. The molecule has 0 bridgehead atoms. The molecule has 1 aliphatic heterocycles. The Kier molecular flexibility index (Phi) is 2.15. The van der Waals surface area contributed by atoms with E-state index in [0.717, 1.165) is 4.31 Å². The number of hydrogen-bond acceptors (Lipinski definition) is 4. The van der Waals surface area contributed by atoms with Gasteiger partial charge in [0.25, 0.3) is 0 Å². The predicted molar refractivity (Wildman–Crippen MR) is 56.7 cm³/mol. The molecular formula is C9H10N2O3S. The minimum absolute atomic E-state index is 0.0483. The molecule has 0 radical (unpaired) electrons. The highest BCUT2D eigenvalue weighted by Gasteiger charge is 2.35. The molecule has 80 valence electrons. The van der Waals surface area contributed by atoms with Crippen LogP contribution >= 0.6 is 0 Å². The first-order valence-electron chi connectivity index (χ1n) is 4.42. The lowest BCUT2D eigenvalue weighted by Gasteiger charge is -2.14. The van der Waals surface area contributed by atoms with Gasteiger partial charge in [0.1, 0.15) is 0 Å². The van der Waals surface area contributed by atoms with Crippen molar-refractivity contribution in [2.24, 2.45) is 0 Å². The first-order chi connectivity index (χ1) is 7.00. The van der Waals surface area contributed by atoms with Crippen LogP contribution in [0.1, 0.15) is 6.42 Å². The number of amides is 1. The Morgan fingerprint density at radius 3 is 2.27 bits per heavy atom. The van der Waals surface area contributed by atoms with Gasteiger partial charge in [0.2, 0.25) is 15.9 Å². The predicted octanol–water partition coefficient (Wildman–Crippen LogP) is 0.335. The third kappa shape index (κ3) is 1.68. The molecule has 0 saturated carbocycles. The number of anilines is 2. The number of carbonyl (C=O) groups excluding carboxylic acids is 1. The van der Waals surface area contributed by atoms with E-state index in [2.05, 4.69) is 0 Å². The SMILES string of the molecule is Nc1ccc(N2C(=O)CCS2(=O)=O)cc1. The third-order valence-corrected chi connectivity index (χ3v) is 3.90. The summed E-state index contributed by atoms with van der Waals surface area (Å²) >= 11 is 0. The Bertz CT molecular complexity index is 493. The summed E-state index contributed by atoms with van der Waals surface area (Å²) in [6.45, 7) is 0. The number of nitrogens with zero attached hydrogens (tertiary/aromatic N) is 1.